The molecule has 0 bridgehead atoms. The van der Waals surface area contributed by atoms with Crippen molar-refractivity contribution >= 4 is 18.1 Å². The summed E-state index contributed by atoms with van der Waals surface area (Å²) in [6.07, 6.45) is -4.70. The predicted molar refractivity (Wildman–Crippen MR) is 73.6 cm³/mol. The SMILES string of the molecule is Cl.NNc1cccc(-c2cccc(OC(F)(F)F)c2)c1. The molecule has 0 aromatic heterocycles. The van der Waals surface area contributed by atoms with E-state index >= 15 is 0 Å². The number of nitrogens with two attached hydrogens (primary N) is 1. The third kappa shape index (κ3) is 4.32. The normalized spacial score (nSPS) is 10.6. The molecule has 20 heavy (non-hydrogen) atoms. The van der Waals surface area contributed by atoms with E-state index in [9.17, 15) is 13.2 Å². The summed E-state index contributed by atoms with van der Waals surface area (Å²) in [6, 6.07) is 12.8. The minimum absolute atomic E-state index is 0. The van der Waals surface area contributed by atoms with Crippen LogP contribution in [-0.2, 0) is 0 Å². The van der Waals surface area contributed by atoms with Crippen molar-refractivity contribution in [3.05, 3.63) is 48.5 Å². The first-order valence-electron chi connectivity index (χ1n) is 5.41. The Kier molecular flexibility index (Phi) is 5.24. The first-order chi connectivity index (χ1) is 8.98. The van der Waals surface area contributed by atoms with E-state index in [0.29, 0.717) is 11.3 Å². The zero-order chi connectivity index (χ0) is 13.9. The minimum Gasteiger partial charge on any atom is -0.406 e. The molecule has 0 radical (unpaired) electrons. The predicted octanol–water partition coefficient (Wildman–Crippen LogP) is 3.96. The number of nitrogens with one attached hydrogen (secondary N) is 1. The minimum atomic E-state index is -4.70. The number of benzene rings is 2. The van der Waals surface area contributed by atoms with Crippen molar-refractivity contribution in [1.29, 1.82) is 0 Å². The van der Waals surface area contributed by atoms with Crippen LogP contribution in [0.15, 0.2) is 48.5 Å². The number of anilines is 1. The molecule has 3 N–H and O–H groups in total. The molecule has 3 nitrogen and oxygen atoms in total. The van der Waals surface area contributed by atoms with Crippen molar-refractivity contribution in [3.63, 3.8) is 0 Å². The Morgan fingerprint density at radius 1 is 0.950 bits per heavy atom. The molecule has 0 unspecified atom stereocenters. The third-order valence-electron chi connectivity index (χ3n) is 2.43. The number of hydrazine groups is 1. The van der Waals surface area contributed by atoms with Gasteiger partial charge in [-0.2, -0.15) is 0 Å². The standard InChI is InChI=1S/C13H11F3N2O.ClH/c14-13(15,16)19-12-6-2-4-10(8-12)9-3-1-5-11(7-9)18-17;/h1-8,18H,17H2;1H. The number of hydrogen-bond donors (Lipinski definition) is 2. The molecule has 108 valence electrons. The lowest BCUT2D eigenvalue weighted by Gasteiger charge is -2.10. The second kappa shape index (κ2) is 6.49. The Hall–Kier alpha value is -1.92. The van der Waals surface area contributed by atoms with E-state index in [1.165, 1.54) is 18.2 Å². The van der Waals surface area contributed by atoms with E-state index in [-0.39, 0.29) is 18.2 Å². The number of nitrogen functional groups attached to an aromatic ring is 1. The lowest BCUT2D eigenvalue weighted by molar-refractivity contribution is -0.274. The van der Waals surface area contributed by atoms with E-state index in [2.05, 4.69) is 10.2 Å². The first kappa shape index (κ1) is 16.1. The highest BCUT2D eigenvalue weighted by Gasteiger charge is 2.31. The van der Waals surface area contributed by atoms with Gasteiger partial charge in [-0.1, -0.05) is 24.3 Å². The fourth-order valence-electron chi connectivity index (χ4n) is 1.66. The van der Waals surface area contributed by atoms with E-state index in [0.717, 1.165) is 5.56 Å². The molecular weight excluding hydrogens is 293 g/mol. The summed E-state index contributed by atoms with van der Waals surface area (Å²) in [6.45, 7) is 0. The fraction of sp³-hybridized carbons (Fsp3) is 0.0769. The second-order valence-corrected chi connectivity index (χ2v) is 3.80. The molecular formula is C13H12ClF3N2O. The highest BCUT2D eigenvalue weighted by molar-refractivity contribution is 5.85. The van der Waals surface area contributed by atoms with Crippen LogP contribution < -0.4 is 16.0 Å². The number of rotatable bonds is 3. The van der Waals surface area contributed by atoms with Crippen molar-refractivity contribution < 1.29 is 17.9 Å². The van der Waals surface area contributed by atoms with Crippen molar-refractivity contribution in [3.8, 4) is 16.9 Å². The largest absolute Gasteiger partial charge is 0.573 e. The van der Waals surface area contributed by atoms with Gasteiger partial charge < -0.3 is 10.2 Å². The molecule has 2 rings (SSSR count). The van der Waals surface area contributed by atoms with Crippen molar-refractivity contribution in [2.75, 3.05) is 5.43 Å². The van der Waals surface area contributed by atoms with Crippen LogP contribution in [0.4, 0.5) is 18.9 Å². The Bertz CT molecular complexity index is 576. The van der Waals surface area contributed by atoms with E-state index < -0.39 is 6.36 Å². The first-order valence-corrected chi connectivity index (χ1v) is 5.41. The smallest absolute Gasteiger partial charge is 0.406 e. The van der Waals surface area contributed by atoms with Crippen LogP contribution in [0.25, 0.3) is 11.1 Å². The van der Waals surface area contributed by atoms with E-state index in [4.69, 9.17) is 5.84 Å². The summed E-state index contributed by atoms with van der Waals surface area (Å²) in [4.78, 5) is 0. The summed E-state index contributed by atoms with van der Waals surface area (Å²) >= 11 is 0. The second-order valence-electron chi connectivity index (χ2n) is 3.80. The highest BCUT2D eigenvalue weighted by atomic mass is 35.5. The zero-order valence-electron chi connectivity index (χ0n) is 10.1. The summed E-state index contributed by atoms with van der Waals surface area (Å²) < 4.78 is 40.3. The van der Waals surface area contributed by atoms with Crippen LogP contribution in [0, 0.1) is 0 Å². The van der Waals surface area contributed by atoms with Crippen LogP contribution in [0.3, 0.4) is 0 Å². The maximum Gasteiger partial charge on any atom is 0.573 e. The molecule has 0 aliphatic carbocycles. The van der Waals surface area contributed by atoms with Gasteiger partial charge in [0, 0.05) is 5.69 Å². The van der Waals surface area contributed by atoms with Crippen molar-refractivity contribution in [2.24, 2.45) is 5.84 Å². The Balaban J connectivity index is 0.00000200. The molecule has 0 saturated carbocycles. The van der Waals surface area contributed by atoms with Crippen molar-refractivity contribution in [2.45, 2.75) is 6.36 Å². The molecule has 7 heteroatoms. The quantitative estimate of drug-likeness (QED) is 0.666. The number of alkyl halides is 3. The lowest BCUT2D eigenvalue weighted by Crippen LogP contribution is -2.17. The average molecular weight is 305 g/mol. The number of hydrogen-bond acceptors (Lipinski definition) is 3. The molecule has 0 aliphatic heterocycles. The van der Waals surface area contributed by atoms with E-state index in [1.807, 2.05) is 0 Å². The van der Waals surface area contributed by atoms with Crippen LogP contribution in [0.1, 0.15) is 0 Å². The molecule has 0 amide bonds. The molecule has 0 atom stereocenters. The van der Waals surface area contributed by atoms with Gasteiger partial charge in [-0.15, -0.1) is 25.6 Å². The Labute approximate surface area is 119 Å². The van der Waals surface area contributed by atoms with Crippen LogP contribution in [0.5, 0.6) is 5.75 Å². The molecule has 0 spiro atoms. The topological polar surface area (TPSA) is 47.3 Å². The summed E-state index contributed by atoms with van der Waals surface area (Å²) in [5.41, 5.74) is 4.49. The monoisotopic (exact) mass is 304 g/mol. The molecule has 0 heterocycles. The molecule has 2 aromatic rings. The van der Waals surface area contributed by atoms with Crippen molar-refractivity contribution in [1.82, 2.24) is 0 Å². The molecule has 0 aliphatic rings. The van der Waals surface area contributed by atoms with Crippen LogP contribution >= 0.6 is 12.4 Å². The molecule has 0 saturated heterocycles. The molecule has 2 aromatic carbocycles. The van der Waals surface area contributed by atoms with Gasteiger partial charge in [-0.25, -0.2) is 0 Å². The van der Waals surface area contributed by atoms with Crippen LogP contribution in [-0.4, -0.2) is 6.36 Å². The maximum atomic E-state index is 12.1. The van der Waals surface area contributed by atoms with Gasteiger partial charge in [0.15, 0.2) is 0 Å². The van der Waals surface area contributed by atoms with Gasteiger partial charge in [0.1, 0.15) is 5.75 Å². The highest BCUT2D eigenvalue weighted by Crippen LogP contribution is 2.28. The van der Waals surface area contributed by atoms with Gasteiger partial charge >= 0.3 is 6.36 Å². The third-order valence-corrected chi connectivity index (χ3v) is 2.43. The average Bonchev–Trinajstić information content (AvgIpc) is 2.37. The van der Waals surface area contributed by atoms with Gasteiger partial charge in [0.05, 0.1) is 0 Å². The van der Waals surface area contributed by atoms with Gasteiger partial charge in [0.2, 0.25) is 0 Å². The number of ether oxygens (including phenoxy) is 1. The van der Waals surface area contributed by atoms with Gasteiger partial charge in [0.25, 0.3) is 0 Å². The van der Waals surface area contributed by atoms with Gasteiger partial charge in [-0.3, -0.25) is 5.84 Å². The summed E-state index contributed by atoms with van der Waals surface area (Å²) in [7, 11) is 0. The summed E-state index contributed by atoms with van der Waals surface area (Å²) in [5.74, 6) is 5.03. The van der Waals surface area contributed by atoms with Gasteiger partial charge in [-0.05, 0) is 35.4 Å². The fourth-order valence-corrected chi connectivity index (χ4v) is 1.66. The van der Waals surface area contributed by atoms with Crippen LogP contribution in [0.2, 0.25) is 0 Å². The molecule has 0 fully saturated rings. The Morgan fingerprint density at radius 2 is 1.55 bits per heavy atom. The van der Waals surface area contributed by atoms with E-state index in [1.54, 1.807) is 30.3 Å². The zero-order valence-corrected chi connectivity index (χ0v) is 11.0. The maximum absolute atomic E-state index is 12.1. The Morgan fingerprint density at radius 3 is 2.15 bits per heavy atom. The summed E-state index contributed by atoms with van der Waals surface area (Å²) in [5, 5.41) is 0. The lowest BCUT2D eigenvalue weighted by atomic mass is 10.1. The number of halogens is 4.